The summed E-state index contributed by atoms with van der Waals surface area (Å²) in [5.74, 6) is -0.760. The Morgan fingerprint density at radius 2 is 1.89 bits per heavy atom. The maximum atomic E-state index is 13.4. The highest BCUT2D eigenvalue weighted by Gasteiger charge is 2.32. The Labute approximate surface area is 228 Å². The first-order chi connectivity index (χ1) is 18.2. The number of amides is 1. The molecule has 3 heterocycles. The summed E-state index contributed by atoms with van der Waals surface area (Å²) < 4.78 is 45.0. The smallest absolute Gasteiger partial charge is 0.416 e. The number of carbonyl (C=O) groups is 2. The summed E-state index contributed by atoms with van der Waals surface area (Å²) in [5.41, 5.74) is 0.0950. The average Bonchev–Trinajstić information content (AvgIpc) is 3.60. The van der Waals surface area contributed by atoms with Crippen molar-refractivity contribution in [3.05, 3.63) is 39.8 Å². The number of rotatable bonds is 7. The topological polar surface area (TPSA) is 86.8 Å². The lowest BCUT2D eigenvalue weighted by molar-refractivity contribution is -0.141. The van der Waals surface area contributed by atoms with Crippen LogP contribution >= 0.6 is 23.6 Å². The van der Waals surface area contributed by atoms with Crippen molar-refractivity contribution in [1.29, 1.82) is 0 Å². The lowest BCUT2D eigenvalue weighted by Crippen LogP contribution is -2.45. The molecule has 2 fully saturated rings. The molecule has 1 amide bonds. The largest absolute Gasteiger partial charge is 0.465 e. The second kappa shape index (κ2) is 12.3. The lowest BCUT2D eigenvalue weighted by Gasteiger charge is -2.33. The Balaban J connectivity index is 1.37. The molecule has 0 atom stereocenters. The predicted octanol–water partition coefficient (Wildman–Crippen LogP) is 4.63. The molecule has 0 aliphatic carbocycles. The fourth-order valence-corrected chi connectivity index (χ4v) is 5.84. The summed E-state index contributed by atoms with van der Waals surface area (Å²) >= 11 is 6.75. The number of nitrogens with zero attached hydrogens (tertiary/aromatic N) is 3. The first-order valence-electron chi connectivity index (χ1n) is 12.6. The Kier molecular flexibility index (Phi) is 9.08. The molecule has 0 saturated carbocycles. The van der Waals surface area contributed by atoms with Crippen LogP contribution in [-0.2, 0) is 15.7 Å². The maximum absolute atomic E-state index is 13.4. The van der Waals surface area contributed by atoms with Crippen molar-refractivity contribution in [3.8, 4) is 0 Å². The van der Waals surface area contributed by atoms with E-state index in [2.05, 4.69) is 15.6 Å². The minimum absolute atomic E-state index is 0.0168. The third-order valence-corrected chi connectivity index (χ3v) is 8.00. The number of esters is 1. The van der Waals surface area contributed by atoms with E-state index >= 15 is 0 Å². The molecule has 1 aromatic heterocycles. The van der Waals surface area contributed by atoms with Crippen LogP contribution in [0.2, 0.25) is 0 Å². The second-order valence-corrected chi connectivity index (χ2v) is 10.5. The lowest BCUT2D eigenvalue weighted by atomic mass is 9.98. The summed E-state index contributed by atoms with van der Waals surface area (Å²) in [6.45, 7) is 4.87. The number of anilines is 2. The van der Waals surface area contributed by atoms with E-state index in [1.807, 2.05) is 9.80 Å². The van der Waals surface area contributed by atoms with Gasteiger partial charge in [-0.25, -0.2) is 4.98 Å². The van der Waals surface area contributed by atoms with Gasteiger partial charge in [-0.05, 0) is 63.0 Å². The number of thiazole rings is 1. The van der Waals surface area contributed by atoms with Gasteiger partial charge < -0.3 is 25.2 Å². The predicted molar refractivity (Wildman–Crippen MR) is 144 cm³/mol. The van der Waals surface area contributed by atoms with E-state index in [-0.39, 0.29) is 29.8 Å². The Hall–Kier alpha value is -2.93. The number of aromatic nitrogens is 1. The van der Waals surface area contributed by atoms with E-state index in [1.165, 1.54) is 17.4 Å². The van der Waals surface area contributed by atoms with Crippen LogP contribution in [0.1, 0.15) is 59.6 Å². The molecule has 206 valence electrons. The minimum atomic E-state index is -4.51. The first kappa shape index (κ1) is 28.1. The van der Waals surface area contributed by atoms with Crippen LogP contribution in [0.4, 0.5) is 24.5 Å². The van der Waals surface area contributed by atoms with E-state index < -0.39 is 17.6 Å². The van der Waals surface area contributed by atoms with Crippen molar-refractivity contribution in [2.45, 2.75) is 44.7 Å². The molecule has 2 saturated heterocycles. The van der Waals surface area contributed by atoms with Crippen molar-refractivity contribution in [2.24, 2.45) is 0 Å². The molecule has 4 rings (SSSR count). The second-order valence-electron chi connectivity index (χ2n) is 9.17. The highest BCUT2D eigenvalue weighted by molar-refractivity contribution is 7.80. The van der Waals surface area contributed by atoms with Gasteiger partial charge in [0.15, 0.2) is 5.11 Å². The standard InChI is InChI=1S/C25H30F3N5O3S2/c1-2-36-21(34)14-29-24(37)33-11-7-16(8-12-33)23-31-19(15-38-23)22(35)30-18-13-17(25(26,27)28)5-6-20(18)32-9-3-4-10-32/h5-6,13,15-16H,2-4,7-12,14H2,1H3,(H,29,37)(H,30,35). The monoisotopic (exact) mass is 569 g/mol. The van der Waals surface area contributed by atoms with Crippen LogP contribution < -0.4 is 15.5 Å². The van der Waals surface area contributed by atoms with Crippen molar-refractivity contribution in [2.75, 3.05) is 49.5 Å². The van der Waals surface area contributed by atoms with Gasteiger partial charge in [0.25, 0.3) is 5.91 Å². The highest BCUT2D eigenvalue weighted by atomic mass is 32.1. The Bertz CT molecular complexity index is 1160. The number of hydrogen-bond donors (Lipinski definition) is 2. The van der Waals surface area contributed by atoms with Crippen molar-refractivity contribution >= 4 is 51.9 Å². The average molecular weight is 570 g/mol. The fourth-order valence-electron chi connectivity index (χ4n) is 4.61. The van der Waals surface area contributed by atoms with Gasteiger partial charge >= 0.3 is 12.1 Å². The van der Waals surface area contributed by atoms with Crippen molar-refractivity contribution in [1.82, 2.24) is 15.2 Å². The van der Waals surface area contributed by atoms with E-state index in [1.54, 1.807) is 12.3 Å². The number of halogens is 3. The number of likely N-dealkylation sites (tertiary alicyclic amines) is 1. The van der Waals surface area contributed by atoms with Gasteiger partial charge in [0.2, 0.25) is 0 Å². The number of carbonyl (C=O) groups excluding carboxylic acids is 2. The number of ether oxygens (including phenoxy) is 1. The Morgan fingerprint density at radius 1 is 1.18 bits per heavy atom. The zero-order valence-electron chi connectivity index (χ0n) is 21.0. The minimum Gasteiger partial charge on any atom is -0.465 e. The molecule has 2 N–H and O–H groups in total. The van der Waals surface area contributed by atoms with Crippen LogP contribution in [0.5, 0.6) is 0 Å². The summed E-state index contributed by atoms with van der Waals surface area (Å²) in [4.78, 5) is 33.0. The third-order valence-electron chi connectivity index (χ3n) is 6.59. The molecule has 2 aliphatic rings. The van der Waals surface area contributed by atoms with Gasteiger partial charge in [0.05, 0.1) is 28.6 Å². The normalized spacial score (nSPS) is 16.4. The highest BCUT2D eigenvalue weighted by Crippen LogP contribution is 2.37. The SMILES string of the molecule is CCOC(=O)CNC(=S)N1CCC(c2nc(C(=O)Nc3cc(C(F)(F)F)ccc3N3CCCC3)cs2)CC1. The molecule has 0 unspecified atom stereocenters. The maximum Gasteiger partial charge on any atom is 0.416 e. The summed E-state index contributed by atoms with van der Waals surface area (Å²) in [6, 6.07) is 3.47. The molecule has 2 aliphatic heterocycles. The van der Waals surface area contributed by atoms with E-state index in [0.717, 1.165) is 55.9 Å². The van der Waals surface area contributed by atoms with Crippen LogP contribution in [0.15, 0.2) is 23.6 Å². The van der Waals surface area contributed by atoms with Gasteiger partial charge in [-0.1, -0.05) is 0 Å². The molecular formula is C25H30F3N5O3S2. The zero-order chi connectivity index (χ0) is 27.3. The van der Waals surface area contributed by atoms with E-state index in [0.29, 0.717) is 30.5 Å². The molecular weight excluding hydrogens is 539 g/mol. The van der Waals surface area contributed by atoms with Gasteiger partial charge in [-0.15, -0.1) is 11.3 Å². The number of thiocarbonyl (C=S) groups is 1. The van der Waals surface area contributed by atoms with E-state index in [4.69, 9.17) is 17.0 Å². The van der Waals surface area contributed by atoms with Crippen LogP contribution in [0.25, 0.3) is 0 Å². The summed E-state index contributed by atoms with van der Waals surface area (Å²) in [6.07, 6.45) is -1.07. The molecule has 38 heavy (non-hydrogen) atoms. The molecule has 0 spiro atoms. The zero-order valence-corrected chi connectivity index (χ0v) is 22.6. The molecule has 13 heteroatoms. The number of benzene rings is 1. The van der Waals surface area contributed by atoms with Crippen molar-refractivity contribution in [3.63, 3.8) is 0 Å². The quantitative estimate of drug-likeness (QED) is 0.369. The van der Waals surface area contributed by atoms with Crippen LogP contribution in [0, 0.1) is 0 Å². The molecule has 0 radical (unpaired) electrons. The Morgan fingerprint density at radius 3 is 2.55 bits per heavy atom. The molecule has 2 aromatic rings. The number of alkyl halides is 3. The van der Waals surface area contributed by atoms with Gasteiger partial charge in [0, 0.05) is 37.5 Å². The van der Waals surface area contributed by atoms with Crippen LogP contribution in [0.3, 0.4) is 0 Å². The van der Waals surface area contributed by atoms with E-state index in [9.17, 15) is 22.8 Å². The van der Waals surface area contributed by atoms with Crippen molar-refractivity contribution < 1.29 is 27.5 Å². The summed E-state index contributed by atoms with van der Waals surface area (Å²) in [7, 11) is 0. The van der Waals surface area contributed by atoms with Gasteiger partial charge in [-0.3, -0.25) is 9.59 Å². The van der Waals surface area contributed by atoms with Gasteiger partial charge in [-0.2, -0.15) is 13.2 Å². The molecule has 1 aromatic carbocycles. The summed E-state index contributed by atoms with van der Waals surface area (Å²) in [5, 5.41) is 8.54. The fraction of sp³-hybridized carbons (Fsp3) is 0.520. The number of hydrogen-bond acceptors (Lipinski definition) is 7. The van der Waals surface area contributed by atoms with Crippen LogP contribution in [-0.4, -0.2) is 66.2 Å². The van der Waals surface area contributed by atoms with Gasteiger partial charge in [0.1, 0.15) is 12.2 Å². The number of piperidine rings is 1. The first-order valence-corrected chi connectivity index (χ1v) is 13.9. The molecule has 8 nitrogen and oxygen atoms in total. The molecule has 0 bridgehead atoms. The third kappa shape index (κ3) is 6.93. The number of nitrogens with one attached hydrogen (secondary N) is 2.